The molecule has 0 saturated carbocycles. The lowest BCUT2D eigenvalue weighted by Gasteiger charge is -2.37. The lowest BCUT2D eigenvalue weighted by atomic mass is 10.0. The van der Waals surface area contributed by atoms with Crippen LogP contribution < -0.4 is 4.74 Å². The van der Waals surface area contributed by atoms with E-state index in [1.165, 1.54) is 0 Å². The fourth-order valence-corrected chi connectivity index (χ4v) is 6.44. The van der Waals surface area contributed by atoms with Gasteiger partial charge in [-0.3, -0.25) is 10.1 Å². The second kappa shape index (κ2) is 6.31. The molecule has 4 rings (SSSR count). The van der Waals surface area contributed by atoms with Crippen molar-refractivity contribution in [2.75, 3.05) is 0 Å². The van der Waals surface area contributed by atoms with Crippen LogP contribution in [0.3, 0.4) is 0 Å². The van der Waals surface area contributed by atoms with Crippen molar-refractivity contribution < 1.29 is 13.2 Å². The largest absolute Gasteiger partial charge is 0.473 e. The normalized spacial score (nSPS) is 26.2. The van der Waals surface area contributed by atoms with E-state index in [2.05, 4.69) is 20.2 Å². The molecule has 0 aliphatic carbocycles. The first-order valence-electron chi connectivity index (χ1n) is 8.86. The lowest BCUT2D eigenvalue weighted by Crippen LogP contribution is -2.49. The molecule has 2 aromatic rings. The van der Waals surface area contributed by atoms with Gasteiger partial charge in [0, 0.05) is 24.9 Å². The number of hydrogen-bond acceptors (Lipinski definition) is 6. The van der Waals surface area contributed by atoms with Crippen LogP contribution in [0.25, 0.3) is 0 Å². The van der Waals surface area contributed by atoms with Gasteiger partial charge in [0.25, 0.3) is 0 Å². The van der Waals surface area contributed by atoms with Crippen LogP contribution in [-0.2, 0) is 10.0 Å². The van der Waals surface area contributed by atoms with E-state index in [1.807, 2.05) is 6.92 Å². The Balaban J connectivity index is 1.55. The minimum Gasteiger partial charge on any atom is -0.473 e. The molecule has 0 radical (unpaired) electrons. The van der Waals surface area contributed by atoms with Gasteiger partial charge in [0.2, 0.25) is 15.9 Å². The van der Waals surface area contributed by atoms with E-state index in [0.29, 0.717) is 35.0 Å². The molecule has 0 spiro atoms. The number of fused-ring (bicyclic) bond motifs is 2. The molecule has 2 fully saturated rings. The number of piperidine rings is 1. The number of nitrogens with one attached hydrogen (secondary N) is 1. The monoisotopic (exact) mass is 377 g/mol. The highest BCUT2D eigenvalue weighted by Crippen LogP contribution is 2.41. The maximum absolute atomic E-state index is 13.3. The van der Waals surface area contributed by atoms with Crippen molar-refractivity contribution in [2.45, 2.75) is 69.5 Å². The average Bonchev–Trinajstić information content (AvgIpc) is 3.07. The first kappa shape index (κ1) is 17.4. The highest BCUT2D eigenvalue weighted by Gasteiger charge is 2.49. The van der Waals surface area contributed by atoms with Crippen molar-refractivity contribution in [3.8, 4) is 5.88 Å². The first-order valence-corrected chi connectivity index (χ1v) is 10.3. The third kappa shape index (κ3) is 2.88. The summed E-state index contributed by atoms with van der Waals surface area (Å²) in [6.45, 7) is 5.35. The number of aromatic nitrogens is 4. The van der Waals surface area contributed by atoms with Crippen molar-refractivity contribution in [3.63, 3.8) is 0 Å². The number of sulfonamides is 1. The molecule has 0 amide bonds. The van der Waals surface area contributed by atoms with Gasteiger partial charge in [0.15, 0.2) is 0 Å². The Morgan fingerprint density at radius 3 is 2.35 bits per heavy atom. The van der Waals surface area contributed by atoms with Gasteiger partial charge in [-0.15, -0.1) is 0 Å². The topological polar surface area (TPSA) is 101 Å². The summed E-state index contributed by atoms with van der Waals surface area (Å²) < 4.78 is 34.2. The lowest BCUT2D eigenvalue weighted by molar-refractivity contribution is 0.0914. The Bertz CT molecular complexity index is 875. The average molecular weight is 377 g/mol. The minimum atomic E-state index is -3.56. The zero-order valence-electron chi connectivity index (χ0n) is 15.1. The molecule has 0 unspecified atom stereocenters. The van der Waals surface area contributed by atoms with Crippen LogP contribution in [-0.4, -0.2) is 51.1 Å². The van der Waals surface area contributed by atoms with Crippen LogP contribution >= 0.6 is 0 Å². The van der Waals surface area contributed by atoms with E-state index >= 15 is 0 Å². The van der Waals surface area contributed by atoms with E-state index in [1.54, 1.807) is 30.5 Å². The SMILES string of the molecule is Cc1cnc(O[C@@H]2C[C@H]3CC[C@@H](C2)N3S(=O)(=O)c2c(C)n[nH]c2C)cn1. The molecule has 3 atom stereocenters. The highest BCUT2D eigenvalue weighted by molar-refractivity contribution is 7.89. The number of H-pyrrole nitrogens is 1. The standard InChI is InChI=1S/C17H23N5O3S/c1-10-8-19-16(9-18-10)25-15-6-13-4-5-14(7-15)22(13)26(23,24)17-11(2)20-21-12(17)3/h8-9,13-15H,4-7H2,1-3H3,(H,20,21)/t13-,14+,15-. The van der Waals surface area contributed by atoms with Crippen LogP contribution in [0.4, 0.5) is 0 Å². The van der Waals surface area contributed by atoms with Gasteiger partial charge in [-0.1, -0.05) is 0 Å². The zero-order valence-corrected chi connectivity index (χ0v) is 16.0. The molecule has 1 N–H and O–H groups in total. The molecular weight excluding hydrogens is 354 g/mol. The van der Waals surface area contributed by atoms with E-state index in [9.17, 15) is 8.42 Å². The Kier molecular flexibility index (Phi) is 4.23. The molecule has 26 heavy (non-hydrogen) atoms. The van der Waals surface area contributed by atoms with Gasteiger partial charge in [-0.05, 0) is 33.6 Å². The summed E-state index contributed by atoms with van der Waals surface area (Å²) in [5.74, 6) is 0.498. The molecular formula is C17H23N5O3S. The molecule has 9 heteroatoms. The number of hydrogen-bond donors (Lipinski definition) is 1. The van der Waals surface area contributed by atoms with Crippen molar-refractivity contribution in [1.82, 2.24) is 24.5 Å². The fraction of sp³-hybridized carbons (Fsp3) is 0.588. The van der Waals surface area contributed by atoms with Crippen LogP contribution in [0, 0.1) is 20.8 Å². The summed E-state index contributed by atoms with van der Waals surface area (Å²) in [6, 6.07) is -0.0910. The van der Waals surface area contributed by atoms with Crippen LogP contribution in [0.2, 0.25) is 0 Å². The smallest absolute Gasteiger partial charge is 0.247 e. The maximum Gasteiger partial charge on any atom is 0.247 e. The van der Waals surface area contributed by atoms with Gasteiger partial charge in [-0.25, -0.2) is 13.4 Å². The Morgan fingerprint density at radius 2 is 1.81 bits per heavy atom. The van der Waals surface area contributed by atoms with E-state index in [4.69, 9.17) is 4.74 Å². The molecule has 4 heterocycles. The van der Waals surface area contributed by atoms with Gasteiger partial charge < -0.3 is 4.74 Å². The molecule has 2 aliphatic rings. The summed E-state index contributed by atoms with van der Waals surface area (Å²) in [5.41, 5.74) is 1.95. The Labute approximate surface area is 153 Å². The van der Waals surface area contributed by atoms with E-state index in [-0.39, 0.29) is 18.2 Å². The summed E-state index contributed by atoms with van der Waals surface area (Å²) in [4.78, 5) is 8.76. The third-order valence-corrected chi connectivity index (χ3v) is 7.53. The molecule has 0 aromatic carbocycles. The van der Waals surface area contributed by atoms with Crippen LogP contribution in [0.5, 0.6) is 5.88 Å². The molecule has 2 bridgehead atoms. The van der Waals surface area contributed by atoms with Gasteiger partial charge in [0.1, 0.15) is 11.0 Å². The quantitative estimate of drug-likeness (QED) is 0.873. The Hall–Kier alpha value is -2.00. The molecule has 2 saturated heterocycles. The van der Waals surface area contributed by atoms with Gasteiger partial charge >= 0.3 is 0 Å². The molecule has 2 aliphatic heterocycles. The van der Waals surface area contributed by atoms with Crippen molar-refractivity contribution in [1.29, 1.82) is 0 Å². The predicted molar refractivity (Wildman–Crippen MR) is 94.3 cm³/mol. The van der Waals surface area contributed by atoms with E-state index in [0.717, 1.165) is 18.5 Å². The van der Waals surface area contributed by atoms with Crippen LogP contribution in [0.15, 0.2) is 17.3 Å². The first-order chi connectivity index (χ1) is 12.4. The zero-order chi connectivity index (χ0) is 18.5. The second-order valence-electron chi connectivity index (χ2n) is 7.19. The maximum atomic E-state index is 13.3. The summed E-state index contributed by atoms with van der Waals surface area (Å²) >= 11 is 0. The van der Waals surface area contributed by atoms with E-state index < -0.39 is 10.0 Å². The summed E-state index contributed by atoms with van der Waals surface area (Å²) in [6.07, 6.45) is 6.32. The number of aromatic amines is 1. The minimum absolute atomic E-state index is 0.0394. The summed E-state index contributed by atoms with van der Waals surface area (Å²) in [7, 11) is -3.56. The van der Waals surface area contributed by atoms with Gasteiger partial charge in [-0.2, -0.15) is 9.40 Å². The molecule has 2 aromatic heterocycles. The fourth-order valence-electron chi connectivity index (χ4n) is 4.21. The molecule has 140 valence electrons. The number of aryl methyl sites for hydroxylation is 3. The highest BCUT2D eigenvalue weighted by atomic mass is 32.2. The second-order valence-corrected chi connectivity index (χ2v) is 8.97. The number of ether oxygens (including phenoxy) is 1. The van der Waals surface area contributed by atoms with Crippen molar-refractivity contribution >= 4 is 10.0 Å². The van der Waals surface area contributed by atoms with Crippen LogP contribution in [0.1, 0.15) is 42.8 Å². The third-order valence-electron chi connectivity index (χ3n) is 5.26. The number of rotatable bonds is 4. The Morgan fingerprint density at radius 1 is 1.12 bits per heavy atom. The number of nitrogens with zero attached hydrogens (tertiary/aromatic N) is 4. The van der Waals surface area contributed by atoms with Crippen molar-refractivity contribution in [3.05, 3.63) is 29.5 Å². The molecule has 8 nitrogen and oxygen atoms in total. The van der Waals surface area contributed by atoms with Gasteiger partial charge in [0.05, 0.1) is 29.5 Å². The van der Waals surface area contributed by atoms with Crippen molar-refractivity contribution in [2.24, 2.45) is 0 Å². The predicted octanol–water partition coefficient (Wildman–Crippen LogP) is 1.89. The summed E-state index contributed by atoms with van der Waals surface area (Å²) in [5, 5.41) is 6.84.